The van der Waals surface area contributed by atoms with Gasteiger partial charge in [0.2, 0.25) is 0 Å². The summed E-state index contributed by atoms with van der Waals surface area (Å²) < 4.78 is 9.19. The minimum atomic E-state index is 0.548. The van der Waals surface area contributed by atoms with E-state index in [9.17, 15) is 0 Å². The van der Waals surface area contributed by atoms with Gasteiger partial charge in [-0.05, 0) is 94.5 Å². The molecule has 0 bridgehead atoms. The molecule has 9 aromatic carbocycles. The van der Waals surface area contributed by atoms with Crippen molar-refractivity contribution >= 4 is 43.7 Å². The van der Waals surface area contributed by atoms with Crippen molar-refractivity contribution in [2.45, 2.75) is 0 Å². The lowest BCUT2D eigenvalue weighted by atomic mass is 9.93. The number of pyridine rings is 1. The molecule has 0 amide bonds. The Labute approximate surface area is 392 Å². The largest absolute Gasteiger partial charge is 0.455 e. The van der Waals surface area contributed by atoms with E-state index >= 15 is 0 Å². The lowest BCUT2D eigenvalue weighted by Gasteiger charge is -2.15. The van der Waals surface area contributed by atoms with Gasteiger partial charge in [-0.2, -0.15) is 0 Å². The van der Waals surface area contributed by atoms with Gasteiger partial charge in [-0.15, -0.1) is 0 Å². The molecular weight excluding hydrogens is 831 g/mol. The molecule has 318 valence electrons. The van der Waals surface area contributed by atoms with Crippen molar-refractivity contribution in [3.05, 3.63) is 237 Å². The summed E-state index contributed by atoms with van der Waals surface area (Å²) in [4.78, 5) is 20.9. The van der Waals surface area contributed by atoms with Crippen LogP contribution in [0.25, 0.3) is 128 Å². The van der Waals surface area contributed by atoms with Crippen molar-refractivity contribution in [3.8, 4) is 84.5 Å². The zero-order valence-electron chi connectivity index (χ0n) is 36.7. The summed E-state index contributed by atoms with van der Waals surface area (Å²) in [6.45, 7) is 0. The predicted octanol–water partition coefficient (Wildman–Crippen LogP) is 15.9. The molecule has 0 radical (unpaired) electrons. The van der Waals surface area contributed by atoms with Crippen LogP contribution < -0.4 is 0 Å². The van der Waals surface area contributed by atoms with Gasteiger partial charge in [-0.1, -0.05) is 164 Å². The highest BCUT2D eigenvalue weighted by Crippen LogP contribution is 2.43. The van der Waals surface area contributed by atoms with Gasteiger partial charge in [0.15, 0.2) is 17.5 Å². The predicted molar refractivity (Wildman–Crippen MR) is 277 cm³/mol. The molecule has 13 aromatic rings. The molecule has 4 aromatic heterocycles. The summed E-state index contributed by atoms with van der Waals surface area (Å²) in [5.41, 5.74) is 15.7. The number of benzene rings is 9. The molecular formula is C62H39N5O. The average molecular weight is 870 g/mol. The molecule has 0 saturated heterocycles. The molecule has 0 saturated carbocycles. The first-order chi connectivity index (χ1) is 33.7. The molecule has 0 aliphatic rings. The Morgan fingerprint density at radius 2 is 0.882 bits per heavy atom. The lowest BCUT2D eigenvalue weighted by Crippen LogP contribution is -2.02. The van der Waals surface area contributed by atoms with E-state index in [2.05, 4.69) is 174 Å². The van der Waals surface area contributed by atoms with Crippen molar-refractivity contribution in [2.24, 2.45) is 0 Å². The third-order valence-electron chi connectivity index (χ3n) is 12.9. The summed E-state index contributed by atoms with van der Waals surface area (Å²) in [5, 5.41) is 4.29. The second kappa shape index (κ2) is 16.3. The number of rotatable bonds is 8. The second-order valence-electron chi connectivity index (χ2n) is 17.0. The molecule has 0 aliphatic heterocycles. The van der Waals surface area contributed by atoms with Crippen LogP contribution in [0, 0.1) is 0 Å². The third-order valence-corrected chi connectivity index (χ3v) is 12.9. The summed E-state index contributed by atoms with van der Waals surface area (Å²) in [7, 11) is 0. The maximum Gasteiger partial charge on any atom is 0.164 e. The maximum atomic E-state index is 6.87. The Balaban J connectivity index is 1.04. The minimum Gasteiger partial charge on any atom is -0.455 e. The highest BCUT2D eigenvalue weighted by molar-refractivity contribution is 6.24. The van der Waals surface area contributed by atoms with Gasteiger partial charge in [0.25, 0.3) is 0 Å². The number of aromatic nitrogens is 5. The van der Waals surface area contributed by atoms with Crippen molar-refractivity contribution in [1.29, 1.82) is 0 Å². The molecule has 0 fully saturated rings. The summed E-state index contributed by atoms with van der Waals surface area (Å²) in [6.07, 6.45) is 1.98. The van der Waals surface area contributed by atoms with E-state index in [1.54, 1.807) is 0 Å². The van der Waals surface area contributed by atoms with Crippen LogP contribution in [0.4, 0.5) is 0 Å². The molecule has 0 N–H and O–H groups in total. The minimum absolute atomic E-state index is 0.548. The van der Waals surface area contributed by atoms with Crippen LogP contribution in [0.5, 0.6) is 0 Å². The molecule has 68 heavy (non-hydrogen) atoms. The Bertz CT molecular complexity index is 3880. The SMILES string of the molecule is c1ccc(-c2cc(-c3ccccc3)cc(-c3cc(-c4nc(-c5ccccc5)nc(-c5ccccc5)n4)c(-c4ccc5oc6c(ccc7c6c6ccccc6n7-c6ccccc6)c5c4)cn3)c2)cc1. The van der Waals surface area contributed by atoms with Gasteiger partial charge in [0.1, 0.15) is 11.2 Å². The maximum absolute atomic E-state index is 6.87. The number of hydrogen-bond acceptors (Lipinski definition) is 5. The van der Waals surface area contributed by atoms with E-state index in [1.165, 1.54) is 0 Å². The zero-order chi connectivity index (χ0) is 45.0. The van der Waals surface area contributed by atoms with E-state index in [0.29, 0.717) is 17.5 Å². The summed E-state index contributed by atoms with van der Waals surface area (Å²) in [5.74, 6) is 1.73. The van der Waals surface area contributed by atoms with Crippen LogP contribution in [-0.4, -0.2) is 24.5 Å². The standard InChI is InChI=1S/C62H39N5O/c1-6-18-40(19-7-1)45-34-46(41-20-8-2-9-21-41)36-47(35-45)54-38-52(62-65-60(42-22-10-3-11-23-42)64-61(66-62)43-24-12-4-13-25-43)53(39-63-54)44-30-33-57-51(37-44)49-31-32-56-58(59(49)68-57)50-28-16-17-29-55(50)67(56)48-26-14-5-15-27-48/h1-39H. The van der Waals surface area contributed by atoms with Crippen LogP contribution >= 0.6 is 0 Å². The molecule has 0 aliphatic carbocycles. The monoisotopic (exact) mass is 869 g/mol. The molecule has 0 spiro atoms. The Morgan fingerprint density at radius 3 is 1.51 bits per heavy atom. The fraction of sp³-hybridized carbons (Fsp3) is 0. The fourth-order valence-corrected chi connectivity index (χ4v) is 9.64. The molecule has 0 unspecified atom stereocenters. The second-order valence-corrected chi connectivity index (χ2v) is 17.0. The van der Waals surface area contributed by atoms with E-state index in [4.69, 9.17) is 24.4 Å². The Kier molecular flexibility index (Phi) is 9.39. The molecule has 6 nitrogen and oxygen atoms in total. The molecule has 13 rings (SSSR count). The molecule has 0 atom stereocenters. The lowest BCUT2D eigenvalue weighted by molar-refractivity contribution is 0.673. The quantitative estimate of drug-likeness (QED) is 0.152. The third kappa shape index (κ3) is 6.82. The number of furan rings is 1. The highest BCUT2D eigenvalue weighted by atomic mass is 16.3. The number of nitrogens with zero attached hydrogens (tertiary/aromatic N) is 5. The Hall–Kier alpha value is -9.26. The fourth-order valence-electron chi connectivity index (χ4n) is 9.64. The van der Waals surface area contributed by atoms with Crippen molar-refractivity contribution in [3.63, 3.8) is 0 Å². The average Bonchev–Trinajstić information content (AvgIpc) is 3.97. The van der Waals surface area contributed by atoms with Crippen LogP contribution in [0.2, 0.25) is 0 Å². The van der Waals surface area contributed by atoms with Crippen molar-refractivity contribution in [2.75, 3.05) is 0 Å². The van der Waals surface area contributed by atoms with E-state index in [0.717, 1.165) is 111 Å². The first-order valence-electron chi connectivity index (χ1n) is 22.8. The topological polar surface area (TPSA) is 69.6 Å². The zero-order valence-corrected chi connectivity index (χ0v) is 36.7. The van der Waals surface area contributed by atoms with Crippen molar-refractivity contribution < 1.29 is 4.42 Å². The van der Waals surface area contributed by atoms with E-state index < -0.39 is 0 Å². The van der Waals surface area contributed by atoms with Crippen LogP contribution in [0.15, 0.2) is 241 Å². The highest BCUT2D eigenvalue weighted by Gasteiger charge is 2.22. The normalized spacial score (nSPS) is 11.5. The molecule has 6 heteroatoms. The van der Waals surface area contributed by atoms with Gasteiger partial charge < -0.3 is 8.98 Å². The Morgan fingerprint density at radius 1 is 0.338 bits per heavy atom. The first kappa shape index (κ1) is 39.1. The summed E-state index contributed by atoms with van der Waals surface area (Å²) in [6, 6.07) is 80.0. The van der Waals surface area contributed by atoms with E-state index in [1.807, 2.05) is 66.9 Å². The number of hydrogen-bond donors (Lipinski definition) is 0. The van der Waals surface area contributed by atoms with Gasteiger partial charge in [-0.3, -0.25) is 4.98 Å². The van der Waals surface area contributed by atoms with Gasteiger partial charge in [0, 0.05) is 55.9 Å². The van der Waals surface area contributed by atoms with Crippen molar-refractivity contribution in [1.82, 2.24) is 24.5 Å². The first-order valence-corrected chi connectivity index (χ1v) is 22.8. The van der Waals surface area contributed by atoms with Gasteiger partial charge in [-0.25, -0.2) is 15.0 Å². The number of para-hydroxylation sites is 2. The summed E-state index contributed by atoms with van der Waals surface area (Å²) >= 11 is 0. The number of fused-ring (bicyclic) bond motifs is 7. The van der Waals surface area contributed by atoms with Crippen LogP contribution in [0.3, 0.4) is 0 Å². The van der Waals surface area contributed by atoms with Gasteiger partial charge >= 0.3 is 0 Å². The smallest absolute Gasteiger partial charge is 0.164 e. The molecule has 4 heterocycles. The van der Waals surface area contributed by atoms with E-state index in [-0.39, 0.29) is 0 Å². The van der Waals surface area contributed by atoms with Crippen LogP contribution in [0.1, 0.15) is 0 Å². The van der Waals surface area contributed by atoms with Crippen LogP contribution in [-0.2, 0) is 0 Å². The van der Waals surface area contributed by atoms with Gasteiger partial charge in [0.05, 0.1) is 22.1 Å².